The highest BCUT2D eigenvalue weighted by Crippen LogP contribution is 2.56. The van der Waals surface area contributed by atoms with Crippen molar-refractivity contribution in [2.45, 2.75) is 151 Å². The number of hydrogen-bond acceptors (Lipinski definition) is 7. The standard InChI is InChI=1S/C41H59I3N2O7/c1-23(2)12-9-13-24(3)31-16-11-19-40(31,7)20-17-28-14-10-15-29-22-30(18-21-41(28,29)8)53-39(50)52-27(6)51-38(49)32-33(42)36(45-25(4)47)35(44)37(34(32)43)46-26(5)48/h15,23-24,27-28,30-31H,9-14,16-22H2,1-8H3,(H,45,47)(H,46,48)/t24-,27?,28?,30+,31-,40-,41-/m1/s1. The molecule has 2 saturated carbocycles. The Labute approximate surface area is 357 Å². The number of benzene rings is 1. The van der Waals surface area contributed by atoms with E-state index in [9.17, 15) is 19.2 Å². The fourth-order valence-electron chi connectivity index (χ4n) is 9.37. The average Bonchev–Trinajstić information content (AvgIpc) is 3.45. The first-order valence-electron chi connectivity index (χ1n) is 19.4. The number of hydrogen-bond donors (Lipinski definition) is 2. The number of carbonyl (C=O) groups excluding carboxylic acids is 4. The Hall–Kier alpha value is -1.17. The van der Waals surface area contributed by atoms with E-state index in [1.807, 2.05) is 67.8 Å². The molecule has 0 saturated heterocycles. The molecule has 296 valence electrons. The van der Waals surface area contributed by atoms with Crippen LogP contribution in [0.4, 0.5) is 16.2 Å². The molecule has 53 heavy (non-hydrogen) atoms. The average molecular weight is 1070 g/mol. The minimum absolute atomic E-state index is 0.117. The summed E-state index contributed by atoms with van der Waals surface area (Å²) in [6.07, 6.45) is 15.3. The molecule has 9 nitrogen and oxygen atoms in total. The number of nitrogens with one attached hydrogen (secondary N) is 2. The van der Waals surface area contributed by atoms with Crippen LogP contribution >= 0.6 is 67.8 Å². The van der Waals surface area contributed by atoms with Gasteiger partial charge in [0.2, 0.25) is 18.1 Å². The maximum atomic E-state index is 13.5. The van der Waals surface area contributed by atoms with Crippen molar-refractivity contribution in [3.8, 4) is 0 Å². The Morgan fingerprint density at radius 3 is 2.11 bits per heavy atom. The van der Waals surface area contributed by atoms with Crippen molar-refractivity contribution in [3.05, 3.63) is 27.9 Å². The summed E-state index contributed by atoms with van der Waals surface area (Å²) in [5, 5.41) is 5.49. The molecule has 2 unspecified atom stereocenters. The van der Waals surface area contributed by atoms with Crippen LogP contribution in [0.3, 0.4) is 0 Å². The van der Waals surface area contributed by atoms with Crippen LogP contribution in [0.1, 0.15) is 149 Å². The zero-order valence-electron chi connectivity index (χ0n) is 32.7. The van der Waals surface area contributed by atoms with Crippen LogP contribution in [0.15, 0.2) is 11.6 Å². The van der Waals surface area contributed by atoms with Crippen molar-refractivity contribution < 1.29 is 33.4 Å². The van der Waals surface area contributed by atoms with Crippen molar-refractivity contribution in [2.75, 3.05) is 10.6 Å². The van der Waals surface area contributed by atoms with Gasteiger partial charge in [-0.3, -0.25) is 9.59 Å². The van der Waals surface area contributed by atoms with Gasteiger partial charge < -0.3 is 24.8 Å². The summed E-state index contributed by atoms with van der Waals surface area (Å²) in [5.74, 6) is 1.60. The molecule has 1 aromatic carbocycles. The van der Waals surface area contributed by atoms with Gasteiger partial charge in [0.05, 0.1) is 27.6 Å². The SMILES string of the molecule is CC(=O)Nc1c(I)c(NC(C)=O)c(I)c(C(=O)OC(C)OC(=O)O[C@H]2CC[C@@]3(C)C(=CCCC3CC[C@@]3(C)CCC[C@@H]3[C@H](C)CCCC(C)C)C2)c1I. The second kappa shape index (κ2) is 19.3. The second-order valence-corrected chi connectivity index (χ2v) is 19.9. The van der Waals surface area contributed by atoms with Gasteiger partial charge in [0.15, 0.2) is 0 Å². The normalized spacial score (nSPS) is 26.6. The molecular formula is C41H59I3N2O7. The van der Waals surface area contributed by atoms with E-state index in [1.165, 1.54) is 84.1 Å². The zero-order valence-corrected chi connectivity index (χ0v) is 39.2. The number of halogens is 3. The topological polar surface area (TPSA) is 120 Å². The Balaban J connectivity index is 1.33. The molecule has 12 heteroatoms. The highest BCUT2D eigenvalue weighted by molar-refractivity contribution is 14.1. The first-order chi connectivity index (χ1) is 24.9. The first-order valence-corrected chi connectivity index (χ1v) is 22.6. The number of esters is 1. The summed E-state index contributed by atoms with van der Waals surface area (Å²) in [7, 11) is 0. The Morgan fingerprint density at radius 1 is 0.868 bits per heavy atom. The van der Waals surface area contributed by atoms with Gasteiger partial charge in [0.25, 0.3) is 0 Å². The number of allylic oxidation sites excluding steroid dienone is 1. The van der Waals surface area contributed by atoms with Gasteiger partial charge in [-0.15, -0.1) is 0 Å². The molecule has 2 fully saturated rings. The molecule has 2 N–H and O–H groups in total. The molecule has 3 aliphatic carbocycles. The number of fused-ring (bicyclic) bond motifs is 1. The fourth-order valence-corrected chi connectivity index (χ4v) is 13.5. The number of carbonyl (C=O) groups is 4. The zero-order chi connectivity index (χ0) is 39.2. The van der Waals surface area contributed by atoms with E-state index in [0.717, 1.165) is 37.0 Å². The Kier molecular flexibility index (Phi) is 16.2. The lowest BCUT2D eigenvalue weighted by Crippen LogP contribution is -2.40. The highest BCUT2D eigenvalue weighted by atomic mass is 127. The van der Waals surface area contributed by atoms with Crippen molar-refractivity contribution in [1.82, 2.24) is 0 Å². The molecule has 0 bridgehead atoms. The summed E-state index contributed by atoms with van der Waals surface area (Å²) in [4.78, 5) is 50.4. The largest absolute Gasteiger partial charge is 0.511 e. The van der Waals surface area contributed by atoms with Gasteiger partial charge in [-0.2, -0.15) is 0 Å². The van der Waals surface area contributed by atoms with E-state index in [0.29, 0.717) is 39.8 Å². The molecule has 4 rings (SSSR count). The molecule has 0 aromatic heterocycles. The van der Waals surface area contributed by atoms with Gasteiger partial charge in [-0.1, -0.05) is 72.0 Å². The predicted octanol–water partition coefficient (Wildman–Crippen LogP) is 12.0. The molecular weight excluding hydrogens is 1010 g/mol. The van der Waals surface area contributed by atoms with Gasteiger partial charge in [-0.25, -0.2) is 9.59 Å². The molecule has 0 heterocycles. The highest BCUT2D eigenvalue weighted by Gasteiger charge is 2.46. The maximum absolute atomic E-state index is 13.5. The second-order valence-electron chi connectivity index (χ2n) is 16.7. The lowest BCUT2D eigenvalue weighted by atomic mass is 9.57. The lowest BCUT2D eigenvalue weighted by Gasteiger charge is -2.48. The number of amides is 2. The Morgan fingerprint density at radius 2 is 1.51 bits per heavy atom. The van der Waals surface area contributed by atoms with Crippen molar-refractivity contribution in [3.63, 3.8) is 0 Å². The van der Waals surface area contributed by atoms with Gasteiger partial charge >= 0.3 is 12.1 Å². The summed E-state index contributed by atoms with van der Waals surface area (Å²) < 4.78 is 18.2. The molecule has 0 aliphatic heterocycles. The molecule has 1 aromatic rings. The first kappa shape index (κ1) is 44.5. The smallest absolute Gasteiger partial charge is 0.431 e. The third-order valence-corrected chi connectivity index (χ3v) is 15.5. The van der Waals surface area contributed by atoms with Gasteiger partial charge in [0, 0.05) is 27.2 Å². The summed E-state index contributed by atoms with van der Waals surface area (Å²) in [6.45, 7) is 16.4. The van der Waals surface area contributed by atoms with E-state index in [1.54, 1.807) is 0 Å². The van der Waals surface area contributed by atoms with E-state index in [2.05, 4.69) is 51.3 Å². The minimum Gasteiger partial charge on any atom is -0.431 e. The van der Waals surface area contributed by atoms with Crippen molar-refractivity contribution in [2.24, 2.45) is 34.5 Å². The minimum atomic E-state index is -1.24. The van der Waals surface area contributed by atoms with Crippen LogP contribution in [-0.2, 0) is 23.8 Å². The van der Waals surface area contributed by atoms with Crippen molar-refractivity contribution in [1.29, 1.82) is 0 Å². The fraction of sp³-hybridized carbons (Fsp3) is 0.707. The van der Waals surface area contributed by atoms with E-state index in [-0.39, 0.29) is 28.9 Å². The molecule has 3 aliphatic rings. The lowest BCUT2D eigenvalue weighted by molar-refractivity contribution is -0.115. The van der Waals surface area contributed by atoms with Crippen LogP contribution in [0.5, 0.6) is 0 Å². The van der Waals surface area contributed by atoms with E-state index < -0.39 is 18.4 Å². The molecule has 2 amide bonds. The monoisotopic (exact) mass is 1070 g/mol. The van der Waals surface area contributed by atoms with Crippen LogP contribution in [-0.4, -0.2) is 36.3 Å². The third kappa shape index (κ3) is 11.2. The quantitative estimate of drug-likeness (QED) is 0.0824. The summed E-state index contributed by atoms with van der Waals surface area (Å²) >= 11 is 5.95. The van der Waals surface area contributed by atoms with Crippen LogP contribution in [0.25, 0.3) is 0 Å². The third-order valence-electron chi connectivity index (χ3n) is 12.2. The summed E-state index contributed by atoms with van der Waals surface area (Å²) in [5.41, 5.74) is 2.85. The van der Waals surface area contributed by atoms with Crippen LogP contribution < -0.4 is 10.6 Å². The van der Waals surface area contributed by atoms with E-state index >= 15 is 0 Å². The number of ether oxygens (including phenoxy) is 3. The molecule has 0 spiro atoms. The summed E-state index contributed by atoms with van der Waals surface area (Å²) in [6, 6.07) is 0. The number of anilines is 2. The number of rotatable bonds is 14. The molecule has 0 radical (unpaired) electrons. The Bertz CT molecular complexity index is 1520. The molecule has 7 atom stereocenters. The van der Waals surface area contributed by atoms with Crippen molar-refractivity contribution >= 4 is 103 Å². The van der Waals surface area contributed by atoms with Crippen LogP contribution in [0, 0.1) is 45.2 Å². The predicted molar refractivity (Wildman–Crippen MR) is 235 cm³/mol. The van der Waals surface area contributed by atoms with Crippen LogP contribution in [0.2, 0.25) is 0 Å². The maximum Gasteiger partial charge on any atom is 0.511 e. The van der Waals surface area contributed by atoms with Gasteiger partial charge in [0.1, 0.15) is 6.10 Å². The van der Waals surface area contributed by atoms with E-state index in [4.69, 9.17) is 14.2 Å². The van der Waals surface area contributed by atoms with Gasteiger partial charge in [-0.05, 0) is 154 Å².